The summed E-state index contributed by atoms with van der Waals surface area (Å²) < 4.78 is 0. The van der Waals surface area contributed by atoms with Crippen LogP contribution in [0.4, 0.5) is 5.69 Å². The van der Waals surface area contributed by atoms with E-state index in [1.54, 1.807) is 24.3 Å². The number of aliphatic hydroxyl groups is 1. The molecule has 0 bridgehead atoms. The lowest BCUT2D eigenvalue weighted by molar-refractivity contribution is -0.142. The van der Waals surface area contributed by atoms with E-state index in [9.17, 15) is 24.3 Å². The van der Waals surface area contributed by atoms with Crippen LogP contribution in [0.15, 0.2) is 24.3 Å². The summed E-state index contributed by atoms with van der Waals surface area (Å²) in [5.41, 5.74) is 6.63. The van der Waals surface area contributed by atoms with Crippen LogP contribution >= 0.6 is 0 Å². The molecule has 4 unspecified atom stereocenters. The molecule has 9 nitrogen and oxygen atoms in total. The van der Waals surface area contributed by atoms with Crippen molar-refractivity contribution >= 4 is 29.2 Å². The molecule has 2 saturated heterocycles. The minimum atomic E-state index is -1.15. The van der Waals surface area contributed by atoms with Crippen LogP contribution in [-0.2, 0) is 14.4 Å². The minimum absolute atomic E-state index is 0.108. The first kappa shape index (κ1) is 26.7. The van der Waals surface area contributed by atoms with Crippen molar-refractivity contribution in [1.82, 2.24) is 15.1 Å². The molecule has 1 aromatic rings. The van der Waals surface area contributed by atoms with Crippen molar-refractivity contribution in [3.05, 3.63) is 29.8 Å². The van der Waals surface area contributed by atoms with Crippen LogP contribution in [0.5, 0.6) is 0 Å². The number of anilines is 1. The number of hydrogen-bond acceptors (Lipinski definition) is 6. The summed E-state index contributed by atoms with van der Waals surface area (Å²) in [6, 6.07) is 4.46. The summed E-state index contributed by atoms with van der Waals surface area (Å²) in [5, 5.41) is 13.2. The molecule has 2 fully saturated rings. The first-order valence-corrected chi connectivity index (χ1v) is 12.5. The van der Waals surface area contributed by atoms with Crippen LogP contribution in [0.25, 0.3) is 0 Å². The highest BCUT2D eigenvalue weighted by molar-refractivity contribution is 6.01. The van der Waals surface area contributed by atoms with Gasteiger partial charge in [0.2, 0.25) is 5.91 Å². The fourth-order valence-corrected chi connectivity index (χ4v) is 4.93. The van der Waals surface area contributed by atoms with Crippen molar-refractivity contribution < 1.29 is 24.3 Å². The van der Waals surface area contributed by atoms with Gasteiger partial charge in [-0.1, -0.05) is 27.7 Å². The van der Waals surface area contributed by atoms with Crippen molar-refractivity contribution in [2.45, 2.75) is 77.6 Å². The van der Waals surface area contributed by atoms with E-state index in [1.807, 2.05) is 27.7 Å². The Morgan fingerprint density at radius 3 is 2.29 bits per heavy atom. The minimum Gasteiger partial charge on any atom is -0.399 e. The van der Waals surface area contributed by atoms with Gasteiger partial charge in [-0.25, -0.2) is 0 Å². The Hall–Kier alpha value is -2.94. The van der Waals surface area contributed by atoms with Crippen LogP contribution in [0.1, 0.15) is 63.7 Å². The largest absolute Gasteiger partial charge is 0.399 e. The van der Waals surface area contributed by atoms with Gasteiger partial charge in [0, 0.05) is 17.8 Å². The zero-order chi connectivity index (χ0) is 25.9. The number of rotatable bonds is 9. The molecule has 2 aliphatic heterocycles. The van der Waals surface area contributed by atoms with E-state index < -0.39 is 30.1 Å². The lowest BCUT2D eigenvalue weighted by Gasteiger charge is -2.29. The number of Topliss-reactive ketones (excluding diaryl/α,β-unsaturated/α-hetero) is 1. The zero-order valence-corrected chi connectivity index (χ0v) is 21.1. The van der Waals surface area contributed by atoms with E-state index in [0.29, 0.717) is 49.4 Å². The topological polar surface area (TPSA) is 133 Å². The maximum absolute atomic E-state index is 13.6. The number of ketones is 1. The van der Waals surface area contributed by atoms with E-state index in [1.165, 1.54) is 9.80 Å². The molecule has 0 radical (unpaired) electrons. The lowest BCUT2D eigenvalue weighted by Crippen LogP contribution is -2.53. The van der Waals surface area contributed by atoms with Crippen LogP contribution < -0.4 is 11.1 Å². The van der Waals surface area contributed by atoms with Crippen LogP contribution in [0.2, 0.25) is 0 Å². The van der Waals surface area contributed by atoms with E-state index in [0.717, 1.165) is 0 Å². The second kappa shape index (κ2) is 11.2. The first-order valence-electron chi connectivity index (χ1n) is 12.5. The highest BCUT2D eigenvalue weighted by Gasteiger charge is 2.52. The molecule has 1 aromatic carbocycles. The SMILES string of the molecule is CC(C)CCC(O)C(=O)N1CC(=O)C2C1CCN2C(=O)C(CC(C)C)NC(=O)c1ccc(N)cc1. The normalized spacial score (nSPS) is 21.4. The molecular weight excluding hydrogens is 448 g/mol. The Labute approximate surface area is 207 Å². The maximum Gasteiger partial charge on any atom is 0.252 e. The second-order valence-corrected chi connectivity index (χ2v) is 10.5. The fraction of sp³-hybridized carbons (Fsp3) is 0.615. The smallest absolute Gasteiger partial charge is 0.252 e. The Balaban J connectivity index is 1.72. The third-order valence-corrected chi connectivity index (χ3v) is 6.77. The standard InChI is InChI=1S/C26H38N4O5/c1-15(2)5-10-21(31)26(35)30-14-22(32)23-20(30)11-12-29(23)25(34)19(13-16(3)4)28-24(33)17-6-8-18(27)9-7-17/h6-9,15-16,19-21,23,31H,5,10-14,27H2,1-4H3,(H,28,33). The van der Waals surface area contributed by atoms with Gasteiger partial charge in [0.15, 0.2) is 5.78 Å². The van der Waals surface area contributed by atoms with Crippen molar-refractivity contribution in [2.24, 2.45) is 11.8 Å². The van der Waals surface area contributed by atoms with Crippen LogP contribution in [0, 0.1) is 11.8 Å². The number of nitrogens with one attached hydrogen (secondary N) is 1. The molecule has 192 valence electrons. The van der Waals surface area contributed by atoms with E-state index in [2.05, 4.69) is 5.32 Å². The number of likely N-dealkylation sites (tertiary alicyclic amines) is 2. The third kappa shape index (κ3) is 6.20. The molecule has 3 rings (SSSR count). The number of fused-ring (bicyclic) bond motifs is 1. The molecule has 0 saturated carbocycles. The molecule has 4 atom stereocenters. The molecule has 35 heavy (non-hydrogen) atoms. The van der Waals surface area contributed by atoms with E-state index in [4.69, 9.17) is 5.73 Å². The van der Waals surface area contributed by atoms with Gasteiger partial charge in [0.1, 0.15) is 18.2 Å². The number of carbonyl (C=O) groups excluding carboxylic acids is 4. The highest BCUT2D eigenvalue weighted by Crippen LogP contribution is 2.31. The Kier molecular flexibility index (Phi) is 8.53. The molecule has 2 heterocycles. The van der Waals surface area contributed by atoms with Crippen molar-refractivity contribution in [1.29, 1.82) is 0 Å². The number of amides is 3. The van der Waals surface area contributed by atoms with Gasteiger partial charge in [-0.2, -0.15) is 0 Å². The molecule has 4 N–H and O–H groups in total. The Morgan fingerprint density at radius 2 is 1.69 bits per heavy atom. The summed E-state index contributed by atoms with van der Waals surface area (Å²) >= 11 is 0. The molecule has 3 amide bonds. The summed E-state index contributed by atoms with van der Waals surface area (Å²) in [5.74, 6) is -0.885. The van der Waals surface area contributed by atoms with Crippen molar-refractivity contribution in [3.8, 4) is 0 Å². The highest BCUT2D eigenvalue weighted by atomic mass is 16.3. The molecule has 0 aromatic heterocycles. The van der Waals surface area contributed by atoms with Crippen molar-refractivity contribution in [2.75, 3.05) is 18.8 Å². The number of carbonyl (C=O) groups is 4. The summed E-state index contributed by atoms with van der Waals surface area (Å²) in [7, 11) is 0. The monoisotopic (exact) mass is 486 g/mol. The molecule has 2 aliphatic rings. The Morgan fingerprint density at radius 1 is 1.03 bits per heavy atom. The van der Waals surface area contributed by atoms with E-state index in [-0.39, 0.29) is 30.1 Å². The molecule has 9 heteroatoms. The average Bonchev–Trinajstić information content (AvgIpc) is 3.37. The second-order valence-electron chi connectivity index (χ2n) is 10.5. The van der Waals surface area contributed by atoms with Crippen LogP contribution in [0.3, 0.4) is 0 Å². The first-order chi connectivity index (χ1) is 16.5. The van der Waals surface area contributed by atoms with Gasteiger partial charge >= 0.3 is 0 Å². The number of aliphatic hydroxyl groups excluding tert-OH is 1. The fourth-order valence-electron chi connectivity index (χ4n) is 4.93. The number of nitrogens with two attached hydrogens (primary N) is 1. The van der Waals surface area contributed by atoms with Gasteiger partial charge in [-0.05, 0) is 61.8 Å². The zero-order valence-electron chi connectivity index (χ0n) is 21.1. The predicted octanol–water partition coefficient (Wildman–Crippen LogP) is 1.59. The molecule has 0 spiro atoms. The number of nitrogens with zero attached hydrogens (tertiary/aromatic N) is 2. The Bertz CT molecular complexity index is 946. The van der Waals surface area contributed by atoms with Crippen LogP contribution in [-0.4, -0.2) is 75.7 Å². The summed E-state index contributed by atoms with van der Waals surface area (Å²) in [4.78, 5) is 55.1. The number of benzene rings is 1. The summed E-state index contributed by atoms with van der Waals surface area (Å²) in [6.07, 6.45) is 0.775. The van der Waals surface area contributed by atoms with Gasteiger partial charge in [-0.3, -0.25) is 19.2 Å². The summed E-state index contributed by atoms with van der Waals surface area (Å²) in [6.45, 7) is 8.17. The lowest BCUT2D eigenvalue weighted by atomic mass is 10.0. The molecule has 0 aliphatic carbocycles. The molecular formula is C26H38N4O5. The quantitative estimate of drug-likeness (QED) is 0.454. The van der Waals surface area contributed by atoms with E-state index >= 15 is 0 Å². The number of nitrogen functional groups attached to an aromatic ring is 1. The van der Waals surface area contributed by atoms with Gasteiger partial charge in [0.05, 0.1) is 12.6 Å². The maximum atomic E-state index is 13.6. The average molecular weight is 487 g/mol. The number of hydrogen-bond donors (Lipinski definition) is 3. The van der Waals surface area contributed by atoms with Gasteiger partial charge < -0.3 is 26.0 Å². The van der Waals surface area contributed by atoms with Gasteiger partial charge in [0.25, 0.3) is 11.8 Å². The van der Waals surface area contributed by atoms with Gasteiger partial charge in [-0.15, -0.1) is 0 Å². The van der Waals surface area contributed by atoms with Crippen molar-refractivity contribution in [3.63, 3.8) is 0 Å². The predicted molar refractivity (Wildman–Crippen MR) is 132 cm³/mol. The third-order valence-electron chi connectivity index (χ3n) is 6.77.